The van der Waals surface area contributed by atoms with Crippen LogP contribution in [0.5, 0.6) is 0 Å². The molecule has 0 aromatic carbocycles. The molecular formula is C11H18N4O2S. The van der Waals surface area contributed by atoms with E-state index in [1.165, 1.54) is 12.5 Å². The third-order valence-corrected chi connectivity index (χ3v) is 5.93. The molecule has 0 unspecified atom stereocenters. The normalized spacial score (nSPS) is 24.7. The third kappa shape index (κ3) is 1.96. The first-order chi connectivity index (χ1) is 8.62. The molecule has 6 nitrogen and oxygen atoms in total. The molecule has 2 fully saturated rings. The van der Waals surface area contributed by atoms with Crippen LogP contribution in [0.4, 0.5) is 0 Å². The van der Waals surface area contributed by atoms with Gasteiger partial charge in [0.1, 0.15) is 0 Å². The lowest BCUT2D eigenvalue weighted by Crippen LogP contribution is -2.39. The fourth-order valence-corrected chi connectivity index (χ4v) is 4.44. The Morgan fingerprint density at radius 3 is 2.72 bits per heavy atom. The van der Waals surface area contributed by atoms with Crippen LogP contribution in [-0.4, -0.2) is 48.9 Å². The summed E-state index contributed by atoms with van der Waals surface area (Å²) in [6.07, 6.45) is 5.90. The Morgan fingerprint density at radius 1 is 1.28 bits per heavy atom. The number of nitrogens with zero attached hydrogens (tertiary/aromatic N) is 2. The van der Waals surface area contributed by atoms with Crippen molar-refractivity contribution in [1.82, 2.24) is 19.6 Å². The molecule has 2 aliphatic rings. The van der Waals surface area contributed by atoms with Crippen molar-refractivity contribution < 1.29 is 8.42 Å². The number of hydrogen-bond acceptors (Lipinski definition) is 4. The lowest BCUT2D eigenvalue weighted by Gasteiger charge is -2.33. The number of imidazole rings is 1. The fraction of sp³-hybridized carbons (Fsp3) is 0.727. The highest BCUT2D eigenvalue weighted by molar-refractivity contribution is 7.89. The van der Waals surface area contributed by atoms with Crippen molar-refractivity contribution in [2.45, 2.75) is 24.3 Å². The molecule has 0 bridgehead atoms. The average molecular weight is 270 g/mol. The van der Waals surface area contributed by atoms with E-state index in [4.69, 9.17) is 0 Å². The molecule has 7 heteroatoms. The fourth-order valence-electron chi connectivity index (χ4n) is 2.99. The van der Waals surface area contributed by atoms with Gasteiger partial charge in [0.05, 0.1) is 12.5 Å². The topological polar surface area (TPSA) is 78.1 Å². The number of hydrogen-bond donors (Lipinski definition) is 2. The van der Waals surface area contributed by atoms with Gasteiger partial charge in [-0.05, 0) is 37.8 Å². The van der Waals surface area contributed by atoms with E-state index < -0.39 is 10.0 Å². The highest BCUT2D eigenvalue weighted by Gasteiger charge is 2.43. The van der Waals surface area contributed by atoms with E-state index in [1.54, 1.807) is 4.31 Å². The number of piperidine rings is 1. The largest absolute Gasteiger partial charge is 0.335 e. The maximum Gasteiger partial charge on any atom is 0.260 e. The van der Waals surface area contributed by atoms with Crippen molar-refractivity contribution >= 4 is 10.0 Å². The molecule has 100 valence electrons. The monoisotopic (exact) mass is 270 g/mol. The summed E-state index contributed by atoms with van der Waals surface area (Å²) < 4.78 is 26.3. The molecule has 0 aliphatic carbocycles. The quantitative estimate of drug-likeness (QED) is 0.803. The van der Waals surface area contributed by atoms with Crippen LogP contribution < -0.4 is 5.32 Å². The molecule has 3 heterocycles. The molecule has 2 aliphatic heterocycles. The second kappa shape index (κ2) is 4.32. The van der Waals surface area contributed by atoms with Gasteiger partial charge >= 0.3 is 0 Å². The average Bonchev–Trinajstić information content (AvgIpc) is 3.00. The SMILES string of the molecule is O=S(=O)(c1cnc[nH]1)N1CCC2(CCNCC2)C1. The maximum atomic E-state index is 12.4. The maximum absolute atomic E-state index is 12.4. The summed E-state index contributed by atoms with van der Waals surface area (Å²) in [5.41, 5.74) is 0.193. The Labute approximate surface area is 107 Å². The number of H-pyrrole nitrogens is 1. The zero-order valence-electron chi connectivity index (χ0n) is 10.2. The molecular weight excluding hydrogens is 252 g/mol. The summed E-state index contributed by atoms with van der Waals surface area (Å²) in [4.78, 5) is 6.49. The number of aromatic nitrogens is 2. The van der Waals surface area contributed by atoms with Crippen molar-refractivity contribution in [2.75, 3.05) is 26.2 Å². The Bertz CT molecular complexity index is 505. The Balaban J connectivity index is 1.80. The summed E-state index contributed by atoms with van der Waals surface area (Å²) in [5, 5.41) is 3.54. The summed E-state index contributed by atoms with van der Waals surface area (Å²) in [7, 11) is -3.38. The van der Waals surface area contributed by atoms with E-state index in [0.29, 0.717) is 13.1 Å². The molecule has 0 radical (unpaired) electrons. The Hall–Kier alpha value is -0.920. The van der Waals surface area contributed by atoms with E-state index in [1.807, 2.05) is 0 Å². The number of nitrogens with one attached hydrogen (secondary N) is 2. The minimum absolute atomic E-state index is 0.193. The molecule has 0 saturated carbocycles. The first-order valence-electron chi connectivity index (χ1n) is 6.32. The van der Waals surface area contributed by atoms with Gasteiger partial charge in [-0.15, -0.1) is 0 Å². The van der Waals surface area contributed by atoms with E-state index in [0.717, 1.165) is 32.4 Å². The van der Waals surface area contributed by atoms with Crippen molar-refractivity contribution in [3.05, 3.63) is 12.5 Å². The van der Waals surface area contributed by atoms with Crippen LogP contribution in [0.2, 0.25) is 0 Å². The van der Waals surface area contributed by atoms with Gasteiger partial charge < -0.3 is 10.3 Å². The zero-order chi connectivity index (χ0) is 12.6. The highest BCUT2D eigenvalue weighted by atomic mass is 32.2. The molecule has 3 rings (SSSR count). The molecule has 0 atom stereocenters. The van der Waals surface area contributed by atoms with Gasteiger partial charge in [-0.1, -0.05) is 0 Å². The van der Waals surface area contributed by atoms with Gasteiger partial charge in [0.15, 0.2) is 5.03 Å². The van der Waals surface area contributed by atoms with Crippen molar-refractivity contribution in [3.63, 3.8) is 0 Å². The van der Waals surface area contributed by atoms with E-state index in [2.05, 4.69) is 15.3 Å². The zero-order valence-corrected chi connectivity index (χ0v) is 11.0. The number of rotatable bonds is 2. The lowest BCUT2D eigenvalue weighted by atomic mass is 9.78. The molecule has 2 N–H and O–H groups in total. The van der Waals surface area contributed by atoms with Crippen LogP contribution in [0, 0.1) is 5.41 Å². The third-order valence-electron chi connectivity index (χ3n) is 4.16. The Morgan fingerprint density at radius 2 is 2.06 bits per heavy atom. The van der Waals surface area contributed by atoms with Crippen LogP contribution in [-0.2, 0) is 10.0 Å². The van der Waals surface area contributed by atoms with Gasteiger partial charge in [0, 0.05) is 13.1 Å². The second-order valence-corrected chi connectivity index (χ2v) is 7.16. The predicted molar refractivity (Wildman–Crippen MR) is 66.5 cm³/mol. The first kappa shape index (κ1) is 12.1. The van der Waals surface area contributed by atoms with Gasteiger partial charge in [-0.2, -0.15) is 4.31 Å². The van der Waals surface area contributed by atoms with Crippen LogP contribution in [0.15, 0.2) is 17.6 Å². The predicted octanol–water partition coefficient (Wildman–Crippen LogP) is 0.174. The van der Waals surface area contributed by atoms with E-state index >= 15 is 0 Å². The second-order valence-electron chi connectivity index (χ2n) is 5.25. The molecule has 18 heavy (non-hydrogen) atoms. The van der Waals surface area contributed by atoms with Crippen LogP contribution in [0.25, 0.3) is 0 Å². The van der Waals surface area contributed by atoms with Gasteiger partial charge in [0.25, 0.3) is 10.0 Å². The molecule has 1 spiro atoms. The molecule has 0 amide bonds. The van der Waals surface area contributed by atoms with Gasteiger partial charge in [0.2, 0.25) is 0 Å². The molecule has 1 aromatic rings. The van der Waals surface area contributed by atoms with Crippen LogP contribution >= 0.6 is 0 Å². The molecule has 2 saturated heterocycles. The minimum atomic E-state index is -3.38. The van der Waals surface area contributed by atoms with Gasteiger partial charge in [-0.3, -0.25) is 0 Å². The van der Waals surface area contributed by atoms with E-state index in [9.17, 15) is 8.42 Å². The minimum Gasteiger partial charge on any atom is -0.335 e. The Kier molecular flexibility index (Phi) is 2.91. The summed E-state index contributed by atoms with van der Waals surface area (Å²) >= 11 is 0. The lowest BCUT2D eigenvalue weighted by molar-refractivity contribution is 0.218. The standard InChI is InChI=1S/C11H18N4O2S/c16-18(17,10-7-13-9-14-10)15-6-3-11(8-15)1-4-12-5-2-11/h7,9,12H,1-6,8H2,(H,13,14). The van der Waals surface area contributed by atoms with Crippen LogP contribution in [0.1, 0.15) is 19.3 Å². The smallest absolute Gasteiger partial charge is 0.260 e. The van der Waals surface area contributed by atoms with Gasteiger partial charge in [-0.25, -0.2) is 13.4 Å². The van der Waals surface area contributed by atoms with Crippen molar-refractivity contribution in [2.24, 2.45) is 5.41 Å². The highest BCUT2D eigenvalue weighted by Crippen LogP contribution is 2.40. The summed E-state index contributed by atoms with van der Waals surface area (Å²) in [6.45, 7) is 3.27. The van der Waals surface area contributed by atoms with Crippen molar-refractivity contribution in [1.29, 1.82) is 0 Å². The number of sulfonamides is 1. The van der Waals surface area contributed by atoms with E-state index in [-0.39, 0.29) is 10.4 Å². The number of aromatic amines is 1. The van der Waals surface area contributed by atoms with Crippen molar-refractivity contribution in [3.8, 4) is 0 Å². The summed E-state index contributed by atoms with van der Waals surface area (Å²) in [6, 6.07) is 0. The molecule has 1 aromatic heterocycles. The first-order valence-corrected chi connectivity index (χ1v) is 7.76. The van der Waals surface area contributed by atoms with Crippen LogP contribution in [0.3, 0.4) is 0 Å². The summed E-state index contributed by atoms with van der Waals surface area (Å²) in [5.74, 6) is 0.